The van der Waals surface area contributed by atoms with Gasteiger partial charge in [-0.2, -0.15) is 0 Å². The topological polar surface area (TPSA) is 35.5 Å². The smallest absolute Gasteiger partial charge is 0.337 e. The van der Waals surface area contributed by atoms with Crippen molar-refractivity contribution in [3.63, 3.8) is 0 Å². The fraction of sp³-hybridized carbons (Fsp3) is 0.188. The van der Waals surface area contributed by atoms with Crippen LogP contribution in [0.3, 0.4) is 0 Å². The Labute approximate surface area is 136 Å². The van der Waals surface area contributed by atoms with Crippen molar-refractivity contribution >= 4 is 33.7 Å². The summed E-state index contributed by atoms with van der Waals surface area (Å²) in [7, 11) is 1.37. The first-order valence-electron chi connectivity index (χ1n) is 6.27. The summed E-state index contributed by atoms with van der Waals surface area (Å²) in [6, 6.07) is 13.3. The zero-order valence-corrected chi connectivity index (χ0v) is 14.2. The van der Waals surface area contributed by atoms with E-state index in [4.69, 9.17) is 4.74 Å². The lowest BCUT2D eigenvalue weighted by molar-refractivity contribution is 0.0600. The molecule has 21 heavy (non-hydrogen) atoms. The van der Waals surface area contributed by atoms with Gasteiger partial charge in [-0.05, 0) is 42.7 Å². The highest BCUT2D eigenvalue weighted by molar-refractivity contribution is 9.10. The summed E-state index contributed by atoms with van der Waals surface area (Å²) in [5.74, 6) is 0.465. The number of ether oxygens (including phenoxy) is 2. The number of carbonyl (C=O) groups excluding carboxylic acids is 1. The van der Waals surface area contributed by atoms with Gasteiger partial charge in [0.2, 0.25) is 0 Å². The van der Waals surface area contributed by atoms with Crippen LogP contribution in [0.1, 0.15) is 15.9 Å². The summed E-state index contributed by atoms with van der Waals surface area (Å²) in [6.07, 6.45) is 2.04. The van der Waals surface area contributed by atoms with E-state index in [1.54, 1.807) is 23.9 Å². The van der Waals surface area contributed by atoms with E-state index in [2.05, 4.69) is 20.7 Å². The molecule has 0 heterocycles. The lowest BCUT2D eigenvalue weighted by Crippen LogP contribution is -2.03. The second-order valence-corrected chi connectivity index (χ2v) is 6.00. The first kappa shape index (κ1) is 15.9. The van der Waals surface area contributed by atoms with Crippen LogP contribution in [0.25, 0.3) is 0 Å². The first-order chi connectivity index (χ1) is 10.1. The molecule has 0 aliphatic carbocycles. The number of thioether (sulfide) groups is 1. The quantitative estimate of drug-likeness (QED) is 0.574. The molecule has 3 nitrogen and oxygen atoms in total. The number of rotatable bonds is 5. The minimum atomic E-state index is -0.351. The molecular weight excluding hydrogens is 352 g/mol. The average Bonchev–Trinajstić information content (AvgIpc) is 2.53. The zero-order chi connectivity index (χ0) is 15.2. The molecule has 2 aromatic carbocycles. The van der Waals surface area contributed by atoms with Crippen molar-refractivity contribution in [1.29, 1.82) is 0 Å². The second-order valence-electron chi connectivity index (χ2n) is 4.26. The van der Waals surface area contributed by atoms with E-state index in [0.717, 1.165) is 15.8 Å². The van der Waals surface area contributed by atoms with Crippen molar-refractivity contribution in [2.45, 2.75) is 11.5 Å². The van der Waals surface area contributed by atoms with Crippen LogP contribution >= 0.6 is 27.7 Å². The van der Waals surface area contributed by atoms with Crippen LogP contribution in [0, 0.1) is 0 Å². The zero-order valence-electron chi connectivity index (χ0n) is 11.8. The molecule has 0 saturated carbocycles. The van der Waals surface area contributed by atoms with Gasteiger partial charge in [-0.3, -0.25) is 0 Å². The maximum atomic E-state index is 11.4. The summed E-state index contributed by atoms with van der Waals surface area (Å²) in [6.45, 7) is 0.431. The molecule has 0 atom stereocenters. The van der Waals surface area contributed by atoms with Crippen LogP contribution in [0.5, 0.6) is 5.75 Å². The van der Waals surface area contributed by atoms with Crippen molar-refractivity contribution in [2.75, 3.05) is 13.4 Å². The maximum absolute atomic E-state index is 11.4. The van der Waals surface area contributed by atoms with E-state index in [-0.39, 0.29) is 5.97 Å². The van der Waals surface area contributed by atoms with E-state index in [1.165, 1.54) is 12.0 Å². The van der Waals surface area contributed by atoms with Gasteiger partial charge in [0.1, 0.15) is 12.4 Å². The van der Waals surface area contributed by atoms with Crippen LogP contribution in [0.4, 0.5) is 0 Å². The van der Waals surface area contributed by atoms with Gasteiger partial charge < -0.3 is 9.47 Å². The molecular formula is C16H15BrO3S. The van der Waals surface area contributed by atoms with Crippen molar-refractivity contribution in [2.24, 2.45) is 0 Å². The Balaban J connectivity index is 2.04. The highest BCUT2D eigenvalue weighted by Crippen LogP contribution is 2.23. The number of carbonyl (C=O) groups is 1. The summed E-state index contributed by atoms with van der Waals surface area (Å²) < 4.78 is 11.3. The summed E-state index contributed by atoms with van der Waals surface area (Å²) >= 11 is 5.14. The summed E-state index contributed by atoms with van der Waals surface area (Å²) in [5, 5.41) is 0. The molecule has 0 aromatic heterocycles. The summed E-state index contributed by atoms with van der Waals surface area (Å²) in [4.78, 5) is 12.6. The van der Waals surface area contributed by atoms with Crippen LogP contribution in [0.2, 0.25) is 0 Å². The molecule has 0 saturated heterocycles. The van der Waals surface area contributed by atoms with Gasteiger partial charge in [-0.1, -0.05) is 22.0 Å². The van der Waals surface area contributed by atoms with Crippen LogP contribution in [-0.2, 0) is 11.3 Å². The molecule has 0 spiro atoms. The standard InChI is InChI=1S/C16H15BrO3S/c1-19-16(18)11-3-4-12(15(17)9-11)10-20-13-5-7-14(21-2)8-6-13/h3-9H,10H2,1-2H3. The fourth-order valence-corrected chi connectivity index (χ4v) is 2.64. The molecule has 0 N–H and O–H groups in total. The Kier molecular flexibility index (Phi) is 5.70. The van der Waals surface area contributed by atoms with Crippen molar-refractivity contribution < 1.29 is 14.3 Å². The Morgan fingerprint density at radius 3 is 2.48 bits per heavy atom. The van der Waals surface area contributed by atoms with Gasteiger partial charge in [0.05, 0.1) is 12.7 Å². The molecule has 0 bridgehead atoms. The lowest BCUT2D eigenvalue weighted by atomic mass is 10.1. The number of hydrogen-bond donors (Lipinski definition) is 0. The van der Waals surface area contributed by atoms with Gasteiger partial charge in [0, 0.05) is 14.9 Å². The molecule has 110 valence electrons. The van der Waals surface area contributed by atoms with Gasteiger partial charge in [0.25, 0.3) is 0 Å². The van der Waals surface area contributed by atoms with E-state index in [1.807, 2.05) is 36.6 Å². The molecule has 0 amide bonds. The van der Waals surface area contributed by atoms with Crippen LogP contribution in [0.15, 0.2) is 51.8 Å². The second kappa shape index (κ2) is 7.52. The fourth-order valence-electron chi connectivity index (χ4n) is 1.74. The number of hydrogen-bond acceptors (Lipinski definition) is 4. The van der Waals surface area contributed by atoms with Gasteiger partial charge in [0.15, 0.2) is 0 Å². The third-order valence-corrected chi connectivity index (χ3v) is 4.41. The minimum Gasteiger partial charge on any atom is -0.489 e. The lowest BCUT2D eigenvalue weighted by Gasteiger charge is -2.09. The predicted molar refractivity (Wildman–Crippen MR) is 88.0 cm³/mol. The first-order valence-corrected chi connectivity index (χ1v) is 8.29. The Hall–Kier alpha value is -1.46. The Morgan fingerprint density at radius 1 is 1.19 bits per heavy atom. The van der Waals surface area contributed by atoms with Gasteiger partial charge >= 0.3 is 5.97 Å². The van der Waals surface area contributed by atoms with E-state index in [9.17, 15) is 4.79 Å². The summed E-state index contributed by atoms with van der Waals surface area (Å²) in [5.41, 5.74) is 1.48. The van der Waals surface area contributed by atoms with Crippen molar-refractivity contribution in [1.82, 2.24) is 0 Å². The number of halogens is 1. The minimum absolute atomic E-state index is 0.351. The molecule has 0 aliphatic heterocycles. The van der Waals surface area contributed by atoms with E-state index >= 15 is 0 Å². The molecule has 0 radical (unpaired) electrons. The normalized spacial score (nSPS) is 10.2. The number of benzene rings is 2. The number of esters is 1. The van der Waals surface area contributed by atoms with E-state index in [0.29, 0.717) is 12.2 Å². The predicted octanol–water partition coefficient (Wildman–Crippen LogP) is 4.54. The third kappa shape index (κ3) is 4.25. The van der Waals surface area contributed by atoms with Crippen LogP contribution < -0.4 is 4.74 Å². The van der Waals surface area contributed by atoms with Crippen molar-refractivity contribution in [3.05, 3.63) is 58.1 Å². The largest absolute Gasteiger partial charge is 0.489 e. The molecule has 0 aliphatic rings. The molecule has 2 aromatic rings. The molecule has 0 fully saturated rings. The number of methoxy groups -OCH3 is 1. The van der Waals surface area contributed by atoms with Gasteiger partial charge in [-0.25, -0.2) is 4.79 Å². The van der Waals surface area contributed by atoms with Gasteiger partial charge in [-0.15, -0.1) is 11.8 Å². The monoisotopic (exact) mass is 366 g/mol. The molecule has 5 heteroatoms. The highest BCUT2D eigenvalue weighted by Gasteiger charge is 2.08. The maximum Gasteiger partial charge on any atom is 0.337 e. The average molecular weight is 367 g/mol. The Bertz CT molecular complexity index is 626. The molecule has 2 rings (SSSR count). The van der Waals surface area contributed by atoms with Crippen LogP contribution in [-0.4, -0.2) is 19.3 Å². The SMILES string of the molecule is COC(=O)c1ccc(COc2ccc(SC)cc2)c(Br)c1. The van der Waals surface area contributed by atoms with E-state index < -0.39 is 0 Å². The Morgan fingerprint density at radius 2 is 1.90 bits per heavy atom. The van der Waals surface area contributed by atoms with Crippen molar-refractivity contribution in [3.8, 4) is 5.75 Å². The highest BCUT2D eigenvalue weighted by atomic mass is 79.9. The third-order valence-electron chi connectivity index (χ3n) is 2.93. The molecule has 0 unspecified atom stereocenters.